The van der Waals surface area contributed by atoms with Crippen LogP contribution in [0, 0.1) is 0 Å². The van der Waals surface area contributed by atoms with E-state index in [9.17, 15) is 18.0 Å². The lowest BCUT2D eigenvalue weighted by molar-refractivity contribution is -0.139. The highest BCUT2D eigenvalue weighted by Gasteiger charge is 2.36. The van der Waals surface area contributed by atoms with E-state index in [1.807, 2.05) is 36.4 Å². The average molecular weight is 441 g/mol. The monoisotopic (exact) mass is 441 g/mol. The summed E-state index contributed by atoms with van der Waals surface area (Å²) < 4.78 is 53.2. The van der Waals surface area contributed by atoms with E-state index in [0.717, 1.165) is 23.3 Å². The van der Waals surface area contributed by atoms with Crippen molar-refractivity contribution in [3.63, 3.8) is 0 Å². The maximum atomic E-state index is 13.9. The second-order valence-corrected chi connectivity index (χ2v) is 6.89. The summed E-state index contributed by atoms with van der Waals surface area (Å²) in [5.41, 5.74) is 0.700. The Hall–Kier alpha value is -3.74. The van der Waals surface area contributed by atoms with Gasteiger partial charge in [0.1, 0.15) is 18.8 Å². The Morgan fingerprint density at radius 1 is 0.906 bits per heavy atom. The zero-order chi connectivity index (χ0) is 23.0. The van der Waals surface area contributed by atoms with Crippen molar-refractivity contribution in [2.24, 2.45) is 0 Å². The maximum Gasteiger partial charge on any atom is 0.420 e. The van der Waals surface area contributed by atoms with Crippen LogP contribution < -0.4 is 14.8 Å². The minimum absolute atomic E-state index is 0.0565. The van der Waals surface area contributed by atoms with E-state index in [1.165, 1.54) is 19.2 Å². The van der Waals surface area contributed by atoms with Crippen LogP contribution in [0.2, 0.25) is 0 Å². The first-order chi connectivity index (χ1) is 15.4. The fraction of sp³-hybridized carbons (Fsp3) is 0.160. The summed E-state index contributed by atoms with van der Waals surface area (Å²) in [7, 11) is 1.43. The van der Waals surface area contributed by atoms with Crippen molar-refractivity contribution in [2.75, 3.05) is 7.05 Å². The van der Waals surface area contributed by atoms with Gasteiger partial charge in [-0.15, -0.1) is 0 Å². The number of nitrogens with one attached hydrogen (secondary N) is 1. The smallest absolute Gasteiger partial charge is 0.420 e. The maximum absolute atomic E-state index is 13.9. The Morgan fingerprint density at radius 3 is 2.00 bits per heavy atom. The van der Waals surface area contributed by atoms with Gasteiger partial charge in [0.25, 0.3) is 0 Å². The van der Waals surface area contributed by atoms with Crippen LogP contribution in [0.4, 0.5) is 13.2 Å². The Kier molecular flexibility index (Phi) is 7.54. The SMILES string of the molecule is CNC(=O)/C=C/c1cc(OCc2ccccc2)c(OCc2ccccc2)c(C(F)(F)F)c1. The number of benzene rings is 3. The standard InChI is InChI=1S/C25H22F3NO3/c1-29-23(30)13-12-20-14-21(25(26,27)28)24(32-17-19-10-6-3-7-11-19)22(15-20)31-16-18-8-4-2-5-9-18/h2-15H,16-17H2,1H3,(H,29,30)/b13-12+. The summed E-state index contributed by atoms with van der Waals surface area (Å²) in [4.78, 5) is 11.5. The lowest BCUT2D eigenvalue weighted by atomic mass is 10.1. The highest BCUT2D eigenvalue weighted by atomic mass is 19.4. The molecule has 0 radical (unpaired) electrons. The number of likely N-dealkylation sites (N-methyl/N-ethyl adjacent to an activating group) is 1. The molecule has 7 heteroatoms. The summed E-state index contributed by atoms with van der Waals surface area (Å²) in [6.07, 6.45) is -2.24. The number of hydrogen-bond acceptors (Lipinski definition) is 3. The van der Waals surface area contributed by atoms with E-state index < -0.39 is 23.4 Å². The summed E-state index contributed by atoms with van der Waals surface area (Å²) in [5.74, 6) is -0.889. The molecule has 3 aromatic rings. The zero-order valence-corrected chi connectivity index (χ0v) is 17.4. The van der Waals surface area contributed by atoms with E-state index in [4.69, 9.17) is 9.47 Å². The number of alkyl halides is 3. The van der Waals surface area contributed by atoms with Crippen LogP contribution in [-0.4, -0.2) is 13.0 Å². The van der Waals surface area contributed by atoms with Crippen molar-refractivity contribution < 1.29 is 27.4 Å². The molecule has 4 nitrogen and oxygen atoms in total. The molecule has 1 amide bonds. The van der Waals surface area contributed by atoms with Gasteiger partial charge < -0.3 is 14.8 Å². The van der Waals surface area contributed by atoms with Gasteiger partial charge in [0.2, 0.25) is 5.91 Å². The number of amides is 1. The van der Waals surface area contributed by atoms with Gasteiger partial charge in [-0.05, 0) is 34.9 Å². The first kappa shape index (κ1) is 22.9. The number of ether oxygens (including phenoxy) is 2. The Balaban J connectivity index is 2.00. The van der Waals surface area contributed by atoms with E-state index >= 15 is 0 Å². The van der Waals surface area contributed by atoms with Crippen molar-refractivity contribution in [2.45, 2.75) is 19.4 Å². The van der Waals surface area contributed by atoms with E-state index in [0.29, 0.717) is 0 Å². The Labute approximate surface area is 184 Å². The molecule has 3 aromatic carbocycles. The van der Waals surface area contributed by atoms with Crippen LogP contribution in [0.3, 0.4) is 0 Å². The summed E-state index contributed by atoms with van der Waals surface area (Å²) >= 11 is 0. The van der Waals surface area contributed by atoms with Crippen LogP contribution in [0.1, 0.15) is 22.3 Å². The first-order valence-electron chi connectivity index (χ1n) is 9.85. The van der Waals surface area contributed by atoms with E-state index in [1.54, 1.807) is 24.3 Å². The molecule has 0 saturated heterocycles. The van der Waals surface area contributed by atoms with Crippen LogP contribution in [0.5, 0.6) is 11.5 Å². The number of hydrogen-bond donors (Lipinski definition) is 1. The molecule has 166 valence electrons. The summed E-state index contributed by atoms with van der Waals surface area (Å²) in [5, 5.41) is 2.39. The third-order valence-electron chi connectivity index (χ3n) is 4.52. The molecule has 3 rings (SSSR count). The van der Waals surface area contributed by atoms with Crippen LogP contribution in [-0.2, 0) is 24.2 Å². The van der Waals surface area contributed by atoms with Crippen LogP contribution >= 0.6 is 0 Å². The molecule has 0 saturated carbocycles. The lowest BCUT2D eigenvalue weighted by Crippen LogP contribution is -2.14. The number of halogens is 3. The number of carbonyl (C=O) groups excluding carboxylic acids is 1. The molecule has 0 heterocycles. The Bertz CT molecular complexity index is 1070. The molecule has 0 aliphatic carbocycles. The first-order valence-corrected chi connectivity index (χ1v) is 9.85. The fourth-order valence-electron chi connectivity index (χ4n) is 2.91. The van der Waals surface area contributed by atoms with Crippen molar-refractivity contribution in [1.82, 2.24) is 5.32 Å². The van der Waals surface area contributed by atoms with E-state index in [2.05, 4.69) is 5.32 Å². The molecule has 0 aliphatic heterocycles. The zero-order valence-electron chi connectivity index (χ0n) is 17.4. The quantitative estimate of drug-likeness (QED) is 0.462. The Morgan fingerprint density at radius 2 is 1.47 bits per heavy atom. The molecule has 1 N–H and O–H groups in total. The van der Waals surface area contributed by atoms with Crippen LogP contribution in [0.25, 0.3) is 6.08 Å². The molecule has 0 aromatic heterocycles. The molecule has 0 atom stereocenters. The highest BCUT2D eigenvalue weighted by molar-refractivity contribution is 5.91. The van der Waals surface area contributed by atoms with E-state index in [-0.39, 0.29) is 24.5 Å². The average Bonchev–Trinajstić information content (AvgIpc) is 2.80. The molecule has 0 fully saturated rings. The number of rotatable bonds is 8. The minimum atomic E-state index is -4.69. The van der Waals surface area contributed by atoms with Gasteiger partial charge in [0.05, 0.1) is 0 Å². The van der Waals surface area contributed by atoms with Gasteiger partial charge >= 0.3 is 6.18 Å². The van der Waals surface area contributed by atoms with Gasteiger partial charge in [-0.25, -0.2) is 0 Å². The normalized spacial score (nSPS) is 11.4. The number of carbonyl (C=O) groups is 1. The van der Waals surface area contributed by atoms with Crippen molar-refractivity contribution in [3.8, 4) is 11.5 Å². The summed E-state index contributed by atoms with van der Waals surface area (Å²) in [6, 6.07) is 20.4. The van der Waals surface area contributed by atoms with Crippen molar-refractivity contribution in [1.29, 1.82) is 0 Å². The lowest BCUT2D eigenvalue weighted by Gasteiger charge is -2.19. The molecule has 0 aliphatic rings. The molecular formula is C25H22F3NO3. The summed E-state index contributed by atoms with van der Waals surface area (Å²) in [6.45, 7) is 0.00148. The van der Waals surface area contributed by atoms with Gasteiger partial charge in [0, 0.05) is 13.1 Å². The van der Waals surface area contributed by atoms with Gasteiger partial charge in [-0.3, -0.25) is 4.79 Å². The second kappa shape index (κ2) is 10.5. The highest BCUT2D eigenvalue weighted by Crippen LogP contribution is 2.43. The van der Waals surface area contributed by atoms with Gasteiger partial charge in [0.15, 0.2) is 11.5 Å². The third kappa shape index (κ3) is 6.38. The topological polar surface area (TPSA) is 47.6 Å². The molecule has 0 unspecified atom stereocenters. The predicted molar refractivity (Wildman–Crippen MR) is 116 cm³/mol. The van der Waals surface area contributed by atoms with Crippen molar-refractivity contribution >= 4 is 12.0 Å². The van der Waals surface area contributed by atoms with Crippen molar-refractivity contribution in [3.05, 3.63) is 101 Å². The van der Waals surface area contributed by atoms with Gasteiger partial charge in [-0.2, -0.15) is 13.2 Å². The largest absolute Gasteiger partial charge is 0.485 e. The second-order valence-electron chi connectivity index (χ2n) is 6.89. The van der Waals surface area contributed by atoms with Gasteiger partial charge in [-0.1, -0.05) is 60.7 Å². The molecule has 0 spiro atoms. The fourth-order valence-corrected chi connectivity index (χ4v) is 2.91. The molecule has 32 heavy (non-hydrogen) atoms. The molecule has 0 bridgehead atoms. The third-order valence-corrected chi connectivity index (χ3v) is 4.52. The van der Waals surface area contributed by atoms with Crippen LogP contribution in [0.15, 0.2) is 78.9 Å². The molecular weight excluding hydrogens is 419 g/mol. The predicted octanol–water partition coefficient (Wildman–Crippen LogP) is 5.62. The minimum Gasteiger partial charge on any atom is -0.485 e.